The van der Waals surface area contributed by atoms with Crippen molar-refractivity contribution in [2.24, 2.45) is 0 Å². The second kappa shape index (κ2) is 7.73. The fourth-order valence-corrected chi connectivity index (χ4v) is 3.15. The normalized spacial score (nSPS) is 10.7. The fraction of sp³-hybridized carbons (Fsp3) is 0.0417. The smallest absolute Gasteiger partial charge is 0.357 e. The van der Waals surface area contributed by atoms with Crippen LogP contribution in [-0.4, -0.2) is 0 Å². The first-order valence-corrected chi connectivity index (χ1v) is 8.85. The molecule has 4 nitrogen and oxygen atoms in total. The van der Waals surface area contributed by atoms with Crippen LogP contribution in [0.15, 0.2) is 108 Å². The molecule has 0 saturated carbocycles. The molecule has 0 aliphatic rings. The van der Waals surface area contributed by atoms with Crippen LogP contribution in [0.3, 0.4) is 0 Å². The van der Waals surface area contributed by atoms with Gasteiger partial charge in [0.25, 0.3) is 5.60 Å². The van der Waals surface area contributed by atoms with Crippen LogP contribution in [0.5, 0.6) is 5.75 Å². The number of hydrogen-bond donors (Lipinski definition) is 0. The molecule has 0 unspecified atom stereocenters. The van der Waals surface area contributed by atoms with Gasteiger partial charge in [0, 0.05) is 21.7 Å². The van der Waals surface area contributed by atoms with Crippen molar-refractivity contribution < 1.29 is 9.15 Å². The summed E-state index contributed by atoms with van der Waals surface area (Å²) >= 11 is 0. The summed E-state index contributed by atoms with van der Waals surface area (Å²) in [6.07, 6.45) is 1.63. The SMILES string of the molecule is [O-][N+]#CC(Oc1ccc(-c2ccco2)cc1)(c1ccccc1)c1ccccc1. The van der Waals surface area contributed by atoms with Gasteiger partial charge in [0.05, 0.1) is 6.26 Å². The summed E-state index contributed by atoms with van der Waals surface area (Å²) in [4.78, 5) is 0. The Labute approximate surface area is 163 Å². The third-order valence-electron chi connectivity index (χ3n) is 4.49. The molecule has 3 aromatic carbocycles. The molecule has 0 saturated heterocycles. The van der Waals surface area contributed by atoms with E-state index in [0.717, 1.165) is 22.5 Å². The molecule has 0 atom stereocenters. The minimum atomic E-state index is -1.25. The topological polar surface area (TPSA) is 49.8 Å². The van der Waals surface area contributed by atoms with E-state index in [0.29, 0.717) is 5.75 Å². The Bertz CT molecular complexity index is 1040. The average Bonchev–Trinajstić information content (AvgIpc) is 3.30. The Morgan fingerprint density at radius 2 is 1.36 bits per heavy atom. The molecule has 1 aromatic heterocycles. The number of nitrogens with zero attached hydrogens (tertiary/aromatic N) is 1. The highest BCUT2D eigenvalue weighted by Gasteiger charge is 2.41. The van der Waals surface area contributed by atoms with Crippen LogP contribution in [0, 0.1) is 11.3 Å². The third kappa shape index (κ3) is 3.34. The van der Waals surface area contributed by atoms with Gasteiger partial charge in [0.1, 0.15) is 11.5 Å². The minimum Gasteiger partial charge on any atom is -0.498 e. The lowest BCUT2D eigenvalue weighted by molar-refractivity contribution is 0.174. The van der Waals surface area contributed by atoms with E-state index >= 15 is 0 Å². The summed E-state index contributed by atoms with van der Waals surface area (Å²) in [5, 5.41) is 14.3. The highest BCUT2D eigenvalue weighted by atomic mass is 16.5. The number of rotatable bonds is 5. The molecule has 1 heterocycles. The summed E-state index contributed by atoms with van der Waals surface area (Å²) in [6.45, 7) is 0. The lowest BCUT2D eigenvalue weighted by Crippen LogP contribution is -2.33. The predicted octanol–water partition coefficient (Wildman–Crippen LogP) is 6.10. The summed E-state index contributed by atoms with van der Waals surface area (Å²) in [5.74, 6) is 1.36. The predicted molar refractivity (Wildman–Crippen MR) is 109 cm³/mol. The van der Waals surface area contributed by atoms with Crippen LogP contribution in [-0.2, 0) is 5.60 Å². The van der Waals surface area contributed by atoms with E-state index < -0.39 is 5.60 Å². The van der Waals surface area contributed by atoms with Crippen molar-refractivity contribution in [3.63, 3.8) is 0 Å². The van der Waals surface area contributed by atoms with E-state index in [1.165, 1.54) is 0 Å². The fourth-order valence-electron chi connectivity index (χ4n) is 3.15. The Hall–Kier alpha value is -3.97. The van der Waals surface area contributed by atoms with Crippen molar-refractivity contribution in [3.8, 4) is 23.1 Å². The van der Waals surface area contributed by atoms with Gasteiger partial charge >= 0.3 is 6.07 Å². The quantitative estimate of drug-likeness (QED) is 0.400. The maximum absolute atomic E-state index is 11.3. The van der Waals surface area contributed by atoms with Gasteiger partial charge in [-0.05, 0) is 36.4 Å². The van der Waals surface area contributed by atoms with Crippen molar-refractivity contribution in [3.05, 3.63) is 125 Å². The van der Waals surface area contributed by atoms with Gasteiger partial charge in [-0.3, -0.25) is 0 Å². The Morgan fingerprint density at radius 3 is 1.86 bits per heavy atom. The average molecular weight is 367 g/mol. The molecule has 0 fully saturated rings. The molecular formula is C24H17NO3. The summed E-state index contributed by atoms with van der Waals surface area (Å²) in [6, 6.07) is 32.8. The lowest BCUT2D eigenvalue weighted by Gasteiger charge is -2.26. The largest absolute Gasteiger partial charge is 0.498 e. The Kier molecular flexibility index (Phi) is 4.81. The zero-order valence-electron chi connectivity index (χ0n) is 15.0. The monoisotopic (exact) mass is 367 g/mol. The van der Waals surface area contributed by atoms with Crippen LogP contribution >= 0.6 is 0 Å². The summed E-state index contributed by atoms with van der Waals surface area (Å²) in [5.41, 5.74) is 1.20. The van der Waals surface area contributed by atoms with E-state index in [1.807, 2.05) is 97.1 Å². The van der Waals surface area contributed by atoms with Gasteiger partial charge in [0.2, 0.25) is 0 Å². The highest BCUT2D eigenvalue weighted by Crippen LogP contribution is 2.35. The first-order valence-electron chi connectivity index (χ1n) is 8.85. The van der Waals surface area contributed by atoms with Crippen LogP contribution in [0.4, 0.5) is 0 Å². The minimum absolute atomic E-state index is 0.583. The number of furan rings is 1. The van der Waals surface area contributed by atoms with Gasteiger partial charge in [-0.1, -0.05) is 60.7 Å². The molecule has 0 amide bonds. The van der Waals surface area contributed by atoms with E-state index in [-0.39, 0.29) is 0 Å². The molecule has 0 spiro atoms. The van der Waals surface area contributed by atoms with Gasteiger partial charge in [0.15, 0.2) is 0 Å². The molecule has 4 rings (SSSR count). The van der Waals surface area contributed by atoms with Gasteiger partial charge < -0.3 is 14.4 Å². The van der Waals surface area contributed by atoms with Crippen molar-refractivity contribution in [2.45, 2.75) is 5.60 Å². The highest BCUT2D eigenvalue weighted by molar-refractivity contribution is 5.58. The van der Waals surface area contributed by atoms with Crippen LogP contribution < -0.4 is 4.74 Å². The maximum Gasteiger partial charge on any atom is 0.357 e. The molecule has 4 aromatic rings. The van der Waals surface area contributed by atoms with E-state index in [4.69, 9.17) is 9.15 Å². The summed E-state index contributed by atoms with van der Waals surface area (Å²) in [7, 11) is 0. The third-order valence-corrected chi connectivity index (χ3v) is 4.49. The molecule has 0 aliphatic carbocycles. The van der Waals surface area contributed by atoms with E-state index in [1.54, 1.807) is 6.26 Å². The van der Waals surface area contributed by atoms with E-state index in [9.17, 15) is 5.21 Å². The molecule has 0 radical (unpaired) electrons. The zero-order chi connectivity index (χ0) is 19.2. The Balaban J connectivity index is 1.78. The molecule has 4 heteroatoms. The number of benzene rings is 3. The van der Waals surface area contributed by atoms with E-state index in [2.05, 4.69) is 11.1 Å². The molecule has 0 bridgehead atoms. The van der Waals surface area contributed by atoms with Crippen LogP contribution in [0.25, 0.3) is 16.3 Å². The second-order valence-electron chi connectivity index (χ2n) is 6.22. The molecular weight excluding hydrogens is 350 g/mol. The zero-order valence-corrected chi connectivity index (χ0v) is 15.0. The standard InChI is InChI=1S/C24H17NO3/c26-25-18-24(20-8-3-1-4-9-20,21-10-5-2-6-11-21)28-22-15-13-19(14-16-22)23-12-7-17-27-23/h1-17H. The molecule has 0 aliphatic heterocycles. The van der Waals surface area contributed by atoms with Crippen LogP contribution in [0.2, 0.25) is 0 Å². The second-order valence-corrected chi connectivity index (χ2v) is 6.22. The van der Waals surface area contributed by atoms with Crippen molar-refractivity contribution in [1.82, 2.24) is 0 Å². The lowest BCUT2D eigenvalue weighted by atomic mass is 9.87. The Morgan fingerprint density at radius 1 is 0.750 bits per heavy atom. The first-order chi connectivity index (χ1) is 13.8. The molecule has 28 heavy (non-hydrogen) atoms. The first kappa shape index (κ1) is 17.4. The maximum atomic E-state index is 11.3. The van der Waals surface area contributed by atoms with Crippen molar-refractivity contribution in [2.75, 3.05) is 0 Å². The van der Waals surface area contributed by atoms with Gasteiger partial charge in [-0.2, -0.15) is 0 Å². The molecule has 0 N–H and O–H groups in total. The van der Waals surface area contributed by atoms with Crippen molar-refractivity contribution >= 4 is 0 Å². The summed E-state index contributed by atoms with van der Waals surface area (Å²) < 4.78 is 11.8. The van der Waals surface area contributed by atoms with Gasteiger partial charge in [-0.25, -0.2) is 0 Å². The number of ether oxygens (including phenoxy) is 1. The van der Waals surface area contributed by atoms with Crippen molar-refractivity contribution in [1.29, 1.82) is 0 Å². The molecule has 136 valence electrons. The van der Waals surface area contributed by atoms with Gasteiger partial charge in [-0.15, -0.1) is 0 Å². The number of hydrogen-bond acceptors (Lipinski definition) is 3. The van der Waals surface area contributed by atoms with Crippen LogP contribution in [0.1, 0.15) is 11.1 Å².